The molecule has 0 aliphatic heterocycles. The average molecular weight is 257 g/mol. The third kappa shape index (κ3) is 4.10. The van der Waals surface area contributed by atoms with Gasteiger partial charge in [-0.2, -0.15) is 13.2 Å². The topological polar surface area (TPSA) is 65.8 Å². The van der Waals surface area contributed by atoms with Crippen LogP contribution < -0.4 is 0 Å². The molecule has 96 valence electrons. The lowest BCUT2D eigenvalue weighted by atomic mass is 10.0. The molecule has 1 rings (SSSR count). The highest BCUT2D eigenvalue weighted by Gasteiger charge is 2.42. The predicted molar refractivity (Wildman–Crippen MR) is 58.8 cm³/mol. The monoisotopic (exact) mass is 257 g/mol. The molecule has 0 radical (unpaired) electrons. The first kappa shape index (κ1) is 14.1. The van der Waals surface area contributed by atoms with E-state index in [-0.39, 0.29) is 12.8 Å². The number of ketones is 1. The molecule has 0 aliphatic rings. The predicted octanol–water partition coefficient (Wildman–Crippen LogP) is 3.43. The van der Waals surface area contributed by atoms with E-state index in [0.29, 0.717) is 0 Å². The van der Waals surface area contributed by atoms with Crippen LogP contribution in [0, 0.1) is 0 Å². The number of carbonyl (C=O) groups excluding carboxylic acids is 1. The fourth-order valence-electron chi connectivity index (χ4n) is 1.44. The molecule has 0 spiro atoms. The molecule has 7 heteroatoms. The third-order valence-electron chi connectivity index (χ3n) is 2.32. The second kappa shape index (κ2) is 6.07. The number of azide groups is 1. The van der Waals surface area contributed by atoms with Gasteiger partial charge in [0.2, 0.25) is 5.78 Å². The van der Waals surface area contributed by atoms with E-state index < -0.39 is 18.0 Å². The van der Waals surface area contributed by atoms with Crippen molar-refractivity contribution in [1.29, 1.82) is 0 Å². The highest BCUT2D eigenvalue weighted by molar-refractivity contribution is 5.89. The van der Waals surface area contributed by atoms with Crippen LogP contribution in [0.3, 0.4) is 0 Å². The number of aryl methyl sites for hydroxylation is 1. The quantitative estimate of drug-likeness (QED) is 0.452. The van der Waals surface area contributed by atoms with Crippen LogP contribution in [0.5, 0.6) is 0 Å². The molecular weight excluding hydrogens is 247 g/mol. The second-order valence-corrected chi connectivity index (χ2v) is 3.61. The molecular formula is C11H10F3N3O. The summed E-state index contributed by atoms with van der Waals surface area (Å²) < 4.78 is 36.6. The summed E-state index contributed by atoms with van der Waals surface area (Å²) in [6.07, 6.45) is -4.89. The van der Waals surface area contributed by atoms with E-state index in [4.69, 9.17) is 5.53 Å². The molecule has 0 amide bonds. The number of benzene rings is 1. The van der Waals surface area contributed by atoms with E-state index in [1.165, 1.54) is 0 Å². The molecule has 1 atom stereocenters. The molecule has 0 heterocycles. The van der Waals surface area contributed by atoms with Crippen LogP contribution in [-0.4, -0.2) is 18.0 Å². The Hall–Kier alpha value is -2.01. The number of nitrogens with zero attached hydrogens (tertiary/aromatic N) is 3. The van der Waals surface area contributed by atoms with Gasteiger partial charge in [-0.05, 0) is 23.9 Å². The fraction of sp³-hybridized carbons (Fsp3) is 0.364. The van der Waals surface area contributed by atoms with Crippen LogP contribution in [0.25, 0.3) is 10.4 Å². The van der Waals surface area contributed by atoms with Crippen molar-refractivity contribution in [1.82, 2.24) is 0 Å². The van der Waals surface area contributed by atoms with Gasteiger partial charge in [0.1, 0.15) is 6.04 Å². The molecule has 1 aromatic rings. The molecule has 0 aliphatic carbocycles. The SMILES string of the molecule is [N-]=[N+]=NC(CCc1ccccc1)C(=O)C(F)(F)F. The average Bonchev–Trinajstić information content (AvgIpc) is 2.34. The van der Waals surface area contributed by atoms with Gasteiger partial charge in [-0.1, -0.05) is 35.4 Å². The van der Waals surface area contributed by atoms with Crippen LogP contribution in [0.4, 0.5) is 13.2 Å². The molecule has 0 saturated carbocycles. The molecule has 18 heavy (non-hydrogen) atoms. The zero-order valence-electron chi connectivity index (χ0n) is 9.26. The number of rotatable bonds is 5. The van der Waals surface area contributed by atoms with Gasteiger partial charge in [0.05, 0.1) is 0 Å². The second-order valence-electron chi connectivity index (χ2n) is 3.61. The lowest BCUT2D eigenvalue weighted by Gasteiger charge is -2.12. The van der Waals surface area contributed by atoms with Gasteiger partial charge in [0.25, 0.3) is 0 Å². The normalized spacial score (nSPS) is 12.6. The Kier molecular flexibility index (Phi) is 4.74. The molecule has 0 N–H and O–H groups in total. The maximum Gasteiger partial charge on any atom is 0.450 e. The van der Waals surface area contributed by atoms with Gasteiger partial charge >= 0.3 is 6.18 Å². The summed E-state index contributed by atoms with van der Waals surface area (Å²) >= 11 is 0. The van der Waals surface area contributed by atoms with Gasteiger partial charge in [-0.25, -0.2) is 0 Å². The summed E-state index contributed by atoms with van der Waals surface area (Å²) in [5.41, 5.74) is 8.97. The number of alkyl halides is 3. The number of Topliss-reactive ketones (excluding diaryl/α,β-unsaturated/α-hetero) is 1. The largest absolute Gasteiger partial charge is 0.450 e. The molecule has 0 bridgehead atoms. The number of carbonyl (C=O) groups is 1. The Bertz CT molecular complexity index is 452. The summed E-state index contributed by atoms with van der Waals surface area (Å²) in [5.74, 6) is -2.00. The first-order chi connectivity index (χ1) is 8.45. The molecule has 0 saturated heterocycles. The van der Waals surface area contributed by atoms with Gasteiger partial charge < -0.3 is 0 Å². The summed E-state index contributed by atoms with van der Waals surface area (Å²) in [7, 11) is 0. The maximum atomic E-state index is 12.2. The molecule has 4 nitrogen and oxygen atoms in total. The lowest BCUT2D eigenvalue weighted by molar-refractivity contribution is -0.172. The highest BCUT2D eigenvalue weighted by atomic mass is 19.4. The third-order valence-corrected chi connectivity index (χ3v) is 2.32. The molecule has 1 aromatic carbocycles. The van der Waals surface area contributed by atoms with Gasteiger partial charge in [0, 0.05) is 4.91 Å². The Morgan fingerprint density at radius 3 is 2.44 bits per heavy atom. The Morgan fingerprint density at radius 2 is 1.94 bits per heavy atom. The first-order valence-electron chi connectivity index (χ1n) is 5.14. The van der Waals surface area contributed by atoms with Crippen LogP contribution in [0.2, 0.25) is 0 Å². The van der Waals surface area contributed by atoms with Gasteiger partial charge in [-0.15, -0.1) is 0 Å². The van der Waals surface area contributed by atoms with E-state index in [1.54, 1.807) is 30.3 Å². The van der Waals surface area contributed by atoms with E-state index >= 15 is 0 Å². The Morgan fingerprint density at radius 1 is 1.33 bits per heavy atom. The van der Waals surface area contributed by atoms with Crippen molar-refractivity contribution in [3.05, 3.63) is 46.3 Å². The van der Waals surface area contributed by atoms with Crippen molar-refractivity contribution in [3.8, 4) is 0 Å². The Labute approximate surface area is 101 Å². The maximum absolute atomic E-state index is 12.2. The molecule has 0 aromatic heterocycles. The van der Waals surface area contributed by atoms with Gasteiger partial charge in [0.15, 0.2) is 0 Å². The van der Waals surface area contributed by atoms with Gasteiger partial charge in [-0.3, -0.25) is 4.79 Å². The van der Waals surface area contributed by atoms with Crippen molar-refractivity contribution in [2.45, 2.75) is 25.1 Å². The van der Waals surface area contributed by atoms with Crippen molar-refractivity contribution in [2.75, 3.05) is 0 Å². The highest BCUT2D eigenvalue weighted by Crippen LogP contribution is 2.22. The lowest BCUT2D eigenvalue weighted by Crippen LogP contribution is -2.33. The minimum Gasteiger partial charge on any atom is -0.289 e. The molecule has 0 fully saturated rings. The summed E-state index contributed by atoms with van der Waals surface area (Å²) in [6, 6.07) is 7.01. The summed E-state index contributed by atoms with van der Waals surface area (Å²) in [6.45, 7) is 0. The summed E-state index contributed by atoms with van der Waals surface area (Å²) in [4.78, 5) is 13.3. The number of hydrogen-bond acceptors (Lipinski definition) is 2. The standard InChI is InChI=1S/C11H10F3N3O/c12-11(13,14)10(18)9(16-17-15)7-6-8-4-2-1-3-5-8/h1-5,9H,6-7H2. The smallest absolute Gasteiger partial charge is 0.289 e. The number of hydrogen-bond donors (Lipinski definition) is 0. The van der Waals surface area contributed by atoms with E-state index in [1.807, 2.05) is 0 Å². The first-order valence-corrected chi connectivity index (χ1v) is 5.14. The fourth-order valence-corrected chi connectivity index (χ4v) is 1.44. The van der Waals surface area contributed by atoms with Crippen LogP contribution >= 0.6 is 0 Å². The Balaban J connectivity index is 2.70. The minimum atomic E-state index is -4.98. The van der Waals surface area contributed by atoms with E-state index in [9.17, 15) is 18.0 Å². The van der Waals surface area contributed by atoms with Crippen molar-refractivity contribution >= 4 is 5.78 Å². The molecule has 1 unspecified atom stereocenters. The van der Waals surface area contributed by atoms with E-state index in [2.05, 4.69) is 10.0 Å². The van der Waals surface area contributed by atoms with Crippen molar-refractivity contribution in [2.24, 2.45) is 5.11 Å². The van der Waals surface area contributed by atoms with E-state index in [0.717, 1.165) is 5.56 Å². The van der Waals surface area contributed by atoms with Crippen LogP contribution in [-0.2, 0) is 11.2 Å². The van der Waals surface area contributed by atoms with Crippen LogP contribution in [0.15, 0.2) is 35.4 Å². The zero-order chi connectivity index (χ0) is 13.6. The van der Waals surface area contributed by atoms with Crippen molar-refractivity contribution < 1.29 is 18.0 Å². The minimum absolute atomic E-state index is 0.160. The number of halogens is 3. The van der Waals surface area contributed by atoms with Crippen LogP contribution in [0.1, 0.15) is 12.0 Å². The zero-order valence-corrected chi connectivity index (χ0v) is 9.26. The summed E-state index contributed by atoms with van der Waals surface area (Å²) in [5, 5.41) is 2.92. The van der Waals surface area contributed by atoms with Crippen molar-refractivity contribution in [3.63, 3.8) is 0 Å².